The van der Waals surface area contributed by atoms with Crippen LogP contribution in [0.4, 0.5) is 17.6 Å². The Morgan fingerprint density at radius 1 is 1.04 bits per heavy atom. The molecule has 27 heavy (non-hydrogen) atoms. The first kappa shape index (κ1) is 20.1. The minimum atomic E-state index is -4.35. The number of hydrogen-bond acceptors (Lipinski definition) is 2. The second-order valence-corrected chi connectivity index (χ2v) is 7.52. The molecule has 0 atom stereocenters. The number of hydrogen-bond donors (Lipinski definition) is 0. The average Bonchev–Trinajstić information content (AvgIpc) is 2.63. The number of likely N-dealkylation sites (tertiary alicyclic amines) is 1. The van der Waals surface area contributed by atoms with Crippen molar-refractivity contribution in [2.24, 2.45) is 0 Å². The molecule has 2 nitrogen and oxygen atoms in total. The average molecular weight is 446 g/mol. The second kappa shape index (κ2) is 8.61. The summed E-state index contributed by atoms with van der Waals surface area (Å²) in [5, 5.41) is 0. The molecular formula is C20H20BrF4NO. The highest BCUT2D eigenvalue weighted by atomic mass is 79.9. The van der Waals surface area contributed by atoms with Gasteiger partial charge in [0.2, 0.25) is 0 Å². The van der Waals surface area contributed by atoms with Crippen molar-refractivity contribution < 1.29 is 22.3 Å². The van der Waals surface area contributed by atoms with Crippen LogP contribution in [-0.4, -0.2) is 24.2 Å². The Morgan fingerprint density at radius 3 is 2.33 bits per heavy atom. The van der Waals surface area contributed by atoms with Gasteiger partial charge in [-0.15, -0.1) is 0 Å². The molecule has 2 aromatic rings. The molecule has 0 unspecified atom stereocenters. The largest absolute Gasteiger partial charge is 0.487 e. The number of ether oxygens (including phenoxy) is 1. The Bertz CT molecular complexity index is 756. The summed E-state index contributed by atoms with van der Waals surface area (Å²) in [6.07, 6.45) is -3.99. The zero-order valence-corrected chi connectivity index (χ0v) is 16.2. The first-order chi connectivity index (χ1) is 12.8. The molecule has 7 heteroatoms. The summed E-state index contributed by atoms with van der Waals surface area (Å²) in [4.78, 5) is 2.18. The zero-order valence-electron chi connectivity index (χ0n) is 14.6. The van der Waals surface area contributed by atoms with Crippen molar-refractivity contribution in [1.82, 2.24) is 4.90 Å². The molecule has 1 fully saturated rings. The van der Waals surface area contributed by atoms with Crippen molar-refractivity contribution in [3.63, 3.8) is 0 Å². The summed E-state index contributed by atoms with van der Waals surface area (Å²) in [5.74, 6) is 0.666. The van der Waals surface area contributed by atoms with Gasteiger partial charge < -0.3 is 4.74 Å². The predicted molar refractivity (Wildman–Crippen MR) is 99.3 cm³/mol. The van der Waals surface area contributed by atoms with E-state index >= 15 is 0 Å². The monoisotopic (exact) mass is 445 g/mol. The van der Waals surface area contributed by atoms with E-state index in [1.807, 2.05) is 18.2 Å². The van der Waals surface area contributed by atoms with E-state index in [9.17, 15) is 17.6 Å². The maximum atomic E-state index is 13.3. The number of piperidine rings is 1. The van der Waals surface area contributed by atoms with Crippen LogP contribution in [0.2, 0.25) is 0 Å². The molecule has 0 aliphatic carbocycles. The molecule has 0 aromatic heterocycles. The van der Waals surface area contributed by atoms with Gasteiger partial charge in [0.05, 0.1) is 10.0 Å². The summed E-state index contributed by atoms with van der Waals surface area (Å²) in [5.41, 5.74) is 0.945. The van der Waals surface area contributed by atoms with E-state index in [0.29, 0.717) is 43.8 Å². The number of para-hydroxylation sites is 1. The van der Waals surface area contributed by atoms with E-state index in [0.717, 1.165) is 22.2 Å². The zero-order chi connectivity index (χ0) is 19.4. The van der Waals surface area contributed by atoms with Crippen LogP contribution in [0.5, 0.6) is 5.75 Å². The summed E-state index contributed by atoms with van der Waals surface area (Å²) in [6.45, 7) is 2.22. The highest BCUT2D eigenvalue weighted by Crippen LogP contribution is 2.32. The molecule has 0 N–H and O–H groups in total. The highest BCUT2D eigenvalue weighted by Gasteiger charge is 2.30. The molecule has 146 valence electrons. The van der Waals surface area contributed by atoms with Gasteiger partial charge in [-0.3, -0.25) is 4.90 Å². The van der Waals surface area contributed by atoms with Gasteiger partial charge in [0.15, 0.2) is 0 Å². The van der Waals surface area contributed by atoms with Gasteiger partial charge in [0.25, 0.3) is 0 Å². The lowest BCUT2D eigenvalue weighted by atomic mass is 10.1. The normalized spacial score (nSPS) is 16.5. The Kier molecular flexibility index (Phi) is 6.42. The van der Waals surface area contributed by atoms with Gasteiger partial charge >= 0.3 is 6.18 Å². The quantitative estimate of drug-likeness (QED) is 0.524. The maximum absolute atomic E-state index is 13.3. The fraction of sp³-hybridized carbons (Fsp3) is 0.400. The molecule has 0 spiro atoms. The molecule has 1 aliphatic heterocycles. The fourth-order valence-corrected chi connectivity index (χ4v) is 3.61. The van der Waals surface area contributed by atoms with Gasteiger partial charge in [0, 0.05) is 25.2 Å². The van der Waals surface area contributed by atoms with Crippen LogP contribution in [0.15, 0.2) is 46.9 Å². The lowest BCUT2D eigenvalue weighted by Gasteiger charge is -2.29. The molecule has 1 saturated heterocycles. The molecule has 1 heterocycles. The molecule has 1 aliphatic rings. The Balaban J connectivity index is 1.67. The van der Waals surface area contributed by atoms with Crippen molar-refractivity contribution in [2.45, 2.75) is 38.3 Å². The smallest absolute Gasteiger partial charge is 0.416 e. The number of nitrogens with zero attached hydrogens (tertiary/aromatic N) is 1. The lowest BCUT2D eigenvalue weighted by molar-refractivity contribution is -0.137. The van der Waals surface area contributed by atoms with E-state index in [-0.39, 0.29) is 6.61 Å². The Morgan fingerprint density at radius 2 is 1.70 bits per heavy atom. The van der Waals surface area contributed by atoms with Crippen molar-refractivity contribution >= 4 is 15.9 Å². The van der Waals surface area contributed by atoms with Crippen molar-refractivity contribution in [3.8, 4) is 5.75 Å². The van der Waals surface area contributed by atoms with E-state index in [2.05, 4.69) is 20.8 Å². The van der Waals surface area contributed by atoms with Gasteiger partial charge in [0.1, 0.15) is 18.5 Å². The van der Waals surface area contributed by atoms with E-state index in [1.54, 1.807) is 0 Å². The van der Waals surface area contributed by atoms with Crippen LogP contribution in [0.25, 0.3) is 0 Å². The van der Waals surface area contributed by atoms with Crippen molar-refractivity contribution in [2.75, 3.05) is 13.1 Å². The van der Waals surface area contributed by atoms with Crippen LogP contribution in [0.3, 0.4) is 0 Å². The van der Waals surface area contributed by atoms with Crippen LogP contribution in [0.1, 0.15) is 29.5 Å². The standard InChI is InChI=1S/C20H20BrF4NO/c21-18-3-1-2-15(12-26-10-8-17(22)9-11-26)19(18)27-13-14-4-6-16(7-5-14)20(23,24)25/h1-7,17H,8-13H2. The number of alkyl halides is 4. The van der Waals surface area contributed by atoms with Crippen molar-refractivity contribution in [1.29, 1.82) is 0 Å². The topological polar surface area (TPSA) is 12.5 Å². The first-order valence-corrected chi connectivity index (χ1v) is 9.55. The number of rotatable bonds is 5. The molecule has 0 amide bonds. The Labute approximate surface area is 164 Å². The SMILES string of the molecule is FC1CCN(Cc2cccc(Br)c2OCc2ccc(C(F)(F)F)cc2)CC1. The molecule has 3 rings (SSSR count). The van der Waals surface area contributed by atoms with E-state index in [4.69, 9.17) is 4.74 Å². The Hall–Kier alpha value is -1.60. The van der Waals surface area contributed by atoms with E-state index in [1.165, 1.54) is 12.1 Å². The second-order valence-electron chi connectivity index (χ2n) is 6.66. The van der Waals surface area contributed by atoms with Gasteiger partial charge in [-0.25, -0.2) is 4.39 Å². The molecule has 0 radical (unpaired) electrons. The molecule has 2 aromatic carbocycles. The molecule has 0 saturated carbocycles. The van der Waals surface area contributed by atoms with Crippen LogP contribution >= 0.6 is 15.9 Å². The molecular weight excluding hydrogens is 426 g/mol. The van der Waals surface area contributed by atoms with Gasteiger partial charge in [-0.2, -0.15) is 13.2 Å². The van der Waals surface area contributed by atoms with Crippen LogP contribution in [0, 0.1) is 0 Å². The fourth-order valence-electron chi connectivity index (χ4n) is 3.09. The summed E-state index contributed by atoms with van der Waals surface area (Å²) in [7, 11) is 0. The molecule has 0 bridgehead atoms. The minimum absolute atomic E-state index is 0.167. The number of benzene rings is 2. The number of halogens is 5. The van der Waals surface area contributed by atoms with Gasteiger partial charge in [-0.05, 0) is 52.5 Å². The summed E-state index contributed by atoms with van der Waals surface area (Å²) >= 11 is 3.48. The maximum Gasteiger partial charge on any atom is 0.416 e. The lowest BCUT2D eigenvalue weighted by Crippen LogP contribution is -2.34. The third-order valence-corrected chi connectivity index (χ3v) is 5.25. The first-order valence-electron chi connectivity index (χ1n) is 8.75. The highest BCUT2D eigenvalue weighted by molar-refractivity contribution is 9.10. The van der Waals surface area contributed by atoms with Crippen molar-refractivity contribution in [3.05, 3.63) is 63.6 Å². The summed E-state index contributed by atoms with van der Waals surface area (Å²) < 4.78 is 58.0. The van der Waals surface area contributed by atoms with Crippen LogP contribution in [-0.2, 0) is 19.3 Å². The van der Waals surface area contributed by atoms with E-state index < -0.39 is 17.9 Å². The van der Waals surface area contributed by atoms with Gasteiger partial charge in [-0.1, -0.05) is 24.3 Å². The summed E-state index contributed by atoms with van der Waals surface area (Å²) in [6, 6.07) is 10.7. The third kappa shape index (κ3) is 5.45. The minimum Gasteiger partial charge on any atom is -0.487 e. The third-order valence-electron chi connectivity index (χ3n) is 4.62. The van der Waals surface area contributed by atoms with Crippen LogP contribution < -0.4 is 4.74 Å². The predicted octanol–water partition coefficient (Wildman–Crippen LogP) is 5.98.